The molecule has 31 heavy (non-hydrogen) atoms. The Morgan fingerprint density at radius 2 is 1.94 bits per heavy atom. The molecule has 0 aromatic carbocycles. The maximum absolute atomic E-state index is 13.4. The molecule has 174 valence electrons. The molecular formula is C25H39NO5. The van der Waals surface area contributed by atoms with Gasteiger partial charge in [0.25, 0.3) is 0 Å². The molecule has 3 aliphatic carbocycles. The van der Waals surface area contributed by atoms with E-state index in [9.17, 15) is 14.4 Å². The van der Waals surface area contributed by atoms with E-state index in [1.54, 1.807) is 6.08 Å². The summed E-state index contributed by atoms with van der Waals surface area (Å²) < 4.78 is 10.5. The van der Waals surface area contributed by atoms with Crippen LogP contribution in [-0.4, -0.2) is 57.0 Å². The Labute approximate surface area is 186 Å². The highest BCUT2D eigenvalue weighted by molar-refractivity contribution is 5.87. The summed E-state index contributed by atoms with van der Waals surface area (Å²) in [4.78, 5) is 40.4. The van der Waals surface area contributed by atoms with Crippen molar-refractivity contribution in [2.75, 3.05) is 34.4 Å². The van der Waals surface area contributed by atoms with Crippen LogP contribution in [0.15, 0.2) is 11.6 Å². The molecule has 3 rings (SSSR count). The van der Waals surface area contributed by atoms with Gasteiger partial charge in [-0.1, -0.05) is 25.8 Å². The van der Waals surface area contributed by atoms with Gasteiger partial charge in [-0.25, -0.2) is 4.79 Å². The molecule has 0 heterocycles. The molecule has 0 aromatic rings. The molecule has 0 unspecified atom stereocenters. The Bertz CT molecular complexity index is 759. The molecule has 6 atom stereocenters. The molecule has 0 amide bonds. The van der Waals surface area contributed by atoms with Gasteiger partial charge in [-0.05, 0) is 69.9 Å². The number of ether oxygens (including phenoxy) is 2. The van der Waals surface area contributed by atoms with Crippen LogP contribution in [0.4, 0.5) is 0 Å². The van der Waals surface area contributed by atoms with E-state index in [4.69, 9.17) is 9.47 Å². The van der Waals surface area contributed by atoms with E-state index >= 15 is 0 Å². The summed E-state index contributed by atoms with van der Waals surface area (Å²) in [7, 11) is 5.33. The highest BCUT2D eigenvalue weighted by Crippen LogP contribution is 2.64. The summed E-state index contributed by atoms with van der Waals surface area (Å²) in [5.41, 5.74) is 0.363. The minimum atomic E-state index is -0.599. The fraction of sp³-hybridized carbons (Fsp3) is 0.800. The quantitative estimate of drug-likeness (QED) is 0.487. The van der Waals surface area contributed by atoms with Gasteiger partial charge in [0.1, 0.15) is 12.4 Å². The Kier molecular flexibility index (Phi) is 6.99. The molecule has 0 aromatic heterocycles. The topological polar surface area (TPSA) is 72.9 Å². The van der Waals surface area contributed by atoms with Gasteiger partial charge in [-0.15, -0.1) is 0 Å². The summed E-state index contributed by atoms with van der Waals surface area (Å²) in [6.07, 6.45) is 6.52. The number of allylic oxidation sites excluding steroid dienone is 1. The molecule has 3 fully saturated rings. The number of rotatable bonds is 5. The van der Waals surface area contributed by atoms with Crippen molar-refractivity contribution in [3.63, 3.8) is 0 Å². The van der Waals surface area contributed by atoms with Crippen LogP contribution in [0, 0.1) is 34.5 Å². The zero-order chi connectivity index (χ0) is 23.0. The van der Waals surface area contributed by atoms with Crippen LogP contribution in [0.2, 0.25) is 0 Å². The van der Waals surface area contributed by atoms with Crippen LogP contribution in [0.1, 0.15) is 59.3 Å². The van der Waals surface area contributed by atoms with Crippen molar-refractivity contribution in [2.45, 2.75) is 59.3 Å². The van der Waals surface area contributed by atoms with Crippen molar-refractivity contribution >= 4 is 17.7 Å². The second-order valence-corrected chi connectivity index (χ2v) is 10.6. The normalized spacial score (nSPS) is 39.1. The number of hydrogen-bond donors (Lipinski definition) is 0. The third-order valence-corrected chi connectivity index (χ3v) is 8.64. The van der Waals surface area contributed by atoms with E-state index in [1.165, 1.54) is 7.11 Å². The molecule has 3 saturated carbocycles. The number of nitrogens with zero attached hydrogens (tertiary/aromatic N) is 1. The van der Waals surface area contributed by atoms with Crippen LogP contribution >= 0.6 is 0 Å². The van der Waals surface area contributed by atoms with Crippen molar-refractivity contribution in [3.8, 4) is 0 Å². The summed E-state index contributed by atoms with van der Waals surface area (Å²) in [6, 6.07) is 0. The van der Waals surface area contributed by atoms with Gasteiger partial charge in [0.15, 0.2) is 0 Å². The molecule has 0 bridgehead atoms. The summed E-state index contributed by atoms with van der Waals surface area (Å²) in [5.74, 6) is -0.0650. The minimum Gasteiger partial charge on any atom is -0.469 e. The standard InChI is InChI=1S/C25H39NO5/c1-16-17(14-21(28)31-13-12-26(4)5)8-9-18-22(16)19(27)15-20-24(18,2)10-7-11-25(20,3)23(29)30-6/h14,16,18,20,22H,7-13,15H2,1-6H3/b17-14+/t16-,18-,20+,22+,24+,25-/m0/s1. The Balaban J connectivity index is 1.81. The third kappa shape index (κ3) is 4.33. The first-order valence-corrected chi connectivity index (χ1v) is 11.7. The molecule has 0 spiro atoms. The average molecular weight is 434 g/mol. The molecular weight excluding hydrogens is 394 g/mol. The van der Waals surface area contributed by atoms with E-state index < -0.39 is 5.41 Å². The lowest BCUT2D eigenvalue weighted by Gasteiger charge is -2.60. The van der Waals surface area contributed by atoms with Crippen LogP contribution in [0.3, 0.4) is 0 Å². The Hall–Kier alpha value is -1.69. The van der Waals surface area contributed by atoms with Gasteiger partial charge in [0.2, 0.25) is 0 Å². The zero-order valence-corrected chi connectivity index (χ0v) is 20.0. The summed E-state index contributed by atoms with van der Waals surface area (Å²) in [6.45, 7) is 7.42. The fourth-order valence-corrected chi connectivity index (χ4v) is 6.91. The lowest BCUT2D eigenvalue weighted by molar-refractivity contribution is -0.178. The number of fused-ring (bicyclic) bond motifs is 3. The van der Waals surface area contributed by atoms with Gasteiger partial charge in [0, 0.05) is 25.0 Å². The lowest BCUT2D eigenvalue weighted by Crippen LogP contribution is -2.59. The van der Waals surface area contributed by atoms with Crippen LogP contribution in [0.25, 0.3) is 0 Å². The van der Waals surface area contributed by atoms with Gasteiger partial charge < -0.3 is 14.4 Å². The van der Waals surface area contributed by atoms with Crippen molar-refractivity contribution in [1.29, 1.82) is 0 Å². The van der Waals surface area contributed by atoms with E-state index in [1.807, 2.05) is 25.9 Å². The number of methoxy groups -OCH3 is 1. The highest BCUT2D eigenvalue weighted by Gasteiger charge is 2.62. The van der Waals surface area contributed by atoms with Crippen molar-refractivity contribution in [2.24, 2.45) is 34.5 Å². The smallest absolute Gasteiger partial charge is 0.330 e. The molecule has 0 aliphatic heterocycles. The first kappa shape index (κ1) is 24.0. The number of hydrogen-bond acceptors (Lipinski definition) is 6. The number of carbonyl (C=O) groups excluding carboxylic acids is 3. The first-order chi connectivity index (χ1) is 14.5. The molecule has 6 heteroatoms. The molecule has 6 nitrogen and oxygen atoms in total. The van der Waals surface area contributed by atoms with Crippen LogP contribution in [0.5, 0.6) is 0 Å². The maximum Gasteiger partial charge on any atom is 0.330 e. The number of carbonyl (C=O) groups is 3. The predicted octanol–water partition coefficient (Wildman–Crippen LogP) is 3.64. The first-order valence-electron chi connectivity index (χ1n) is 11.7. The Morgan fingerprint density at radius 1 is 1.23 bits per heavy atom. The largest absolute Gasteiger partial charge is 0.469 e. The van der Waals surface area contributed by atoms with E-state index in [-0.39, 0.29) is 46.8 Å². The SMILES string of the molecule is COC(=O)[C@@]1(C)CCC[C@@]2(C)[C@H]1CC(=O)[C@@H]1[C@@H](C)/C(=C/C(=O)OCCN(C)C)CC[C@@H]12. The second kappa shape index (κ2) is 9.05. The van der Waals surface area contributed by atoms with E-state index in [0.29, 0.717) is 19.6 Å². The van der Waals surface area contributed by atoms with Crippen LogP contribution < -0.4 is 0 Å². The number of ketones is 1. The second-order valence-electron chi connectivity index (χ2n) is 10.6. The van der Waals surface area contributed by atoms with Crippen molar-refractivity contribution in [3.05, 3.63) is 11.6 Å². The van der Waals surface area contributed by atoms with Gasteiger partial charge in [-0.2, -0.15) is 0 Å². The molecule has 0 radical (unpaired) electrons. The van der Waals surface area contributed by atoms with E-state index in [2.05, 4.69) is 13.8 Å². The number of esters is 2. The Morgan fingerprint density at radius 3 is 2.58 bits per heavy atom. The third-order valence-electron chi connectivity index (χ3n) is 8.64. The molecule has 0 saturated heterocycles. The number of Topliss-reactive ketones (excluding diaryl/α,β-unsaturated/α-hetero) is 1. The maximum atomic E-state index is 13.4. The number of likely N-dealkylation sites (N-methyl/N-ethyl adjacent to an activating group) is 1. The van der Waals surface area contributed by atoms with Gasteiger partial charge >= 0.3 is 11.9 Å². The minimum absolute atomic E-state index is 0.0173. The summed E-state index contributed by atoms with van der Waals surface area (Å²) in [5, 5.41) is 0. The monoisotopic (exact) mass is 433 g/mol. The highest BCUT2D eigenvalue weighted by atomic mass is 16.5. The predicted molar refractivity (Wildman–Crippen MR) is 118 cm³/mol. The zero-order valence-electron chi connectivity index (χ0n) is 20.0. The van der Waals surface area contributed by atoms with Crippen molar-refractivity contribution in [1.82, 2.24) is 4.90 Å². The van der Waals surface area contributed by atoms with E-state index in [0.717, 1.165) is 37.7 Å². The van der Waals surface area contributed by atoms with Crippen LogP contribution in [-0.2, 0) is 23.9 Å². The summed E-state index contributed by atoms with van der Waals surface area (Å²) >= 11 is 0. The molecule has 0 N–H and O–H groups in total. The van der Waals surface area contributed by atoms with Gasteiger partial charge in [-0.3, -0.25) is 9.59 Å². The molecule has 3 aliphatic rings. The van der Waals surface area contributed by atoms with Crippen molar-refractivity contribution < 1.29 is 23.9 Å². The lowest BCUT2D eigenvalue weighted by atomic mass is 9.43. The fourth-order valence-electron chi connectivity index (χ4n) is 6.91. The average Bonchev–Trinajstić information content (AvgIpc) is 2.70. The van der Waals surface area contributed by atoms with Gasteiger partial charge in [0.05, 0.1) is 12.5 Å².